The van der Waals surface area contributed by atoms with Crippen molar-refractivity contribution in [2.75, 3.05) is 33.8 Å². The van der Waals surface area contributed by atoms with Crippen molar-refractivity contribution in [3.63, 3.8) is 0 Å². The molecular weight excluding hydrogens is 471 g/mol. The molecule has 0 aliphatic rings. The van der Waals surface area contributed by atoms with Gasteiger partial charge in [-0.15, -0.1) is 24.0 Å². The zero-order valence-corrected chi connectivity index (χ0v) is 18.9. The number of carbonyl (C=O) groups excluding carboxylic acids is 1. The predicted molar refractivity (Wildman–Crippen MR) is 122 cm³/mol. The number of benzene rings is 1. The lowest BCUT2D eigenvalue weighted by atomic mass is 10.1. The molecule has 28 heavy (non-hydrogen) atoms. The van der Waals surface area contributed by atoms with E-state index in [9.17, 15) is 4.79 Å². The largest absolute Gasteiger partial charge is 0.497 e. The van der Waals surface area contributed by atoms with Crippen LogP contribution in [0.4, 0.5) is 0 Å². The number of nitrogens with zero attached hydrogens (tertiary/aromatic N) is 1. The maximum absolute atomic E-state index is 11.9. The zero-order chi connectivity index (χ0) is 19.5. The number of halogens is 1. The van der Waals surface area contributed by atoms with Crippen molar-refractivity contribution in [3.05, 3.63) is 53.5 Å². The molecule has 1 aromatic heterocycles. The van der Waals surface area contributed by atoms with Crippen LogP contribution in [-0.2, 0) is 6.42 Å². The highest BCUT2D eigenvalue weighted by Crippen LogP contribution is 2.11. The van der Waals surface area contributed by atoms with Crippen LogP contribution in [0.15, 0.2) is 46.0 Å². The highest BCUT2D eigenvalue weighted by atomic mass is 127. The smallest absolute Gasteiger partial charge is 0.287 e. The summed E-state index contributed by atoms with van der Waals surface area (Å²) < 4.78 is 10.3. The summed E-state index contributed by atoms with van der Waals surface area (Å²) in [5.74, 6) is 1.80. The molecule has 0 aliphatic heterocycles. The van der Waals surface area contributed by atoms with Gasteiger partial charge < -0.3 is 25.1 Å². The molecule has 1 heterocycles. The predicted octanol–water partition coefficient (Wildman–Crippen LogP) is 2.74. The number of methoxy groups -OCH3 is 1. The van der Waals surface area contributed by atoms with Crippen LogP contribution < -0.4 is 20.7 Å². The molecular formula is C20H29IN4O3. The van der Waals surface area contributed by atoms with Crippen molar-refractivity contribution in [3.8, 4) is 5.75 Å². The van der Waals surface area contributed by atoms with Crippen molar-refractivity contribution < 1.29 is 13.9 Å². The average molecular weight is 500 g/mol. The van der Waals surface area contributed by atoms with E-state index in [-0.39, 0.29) is 29.9 Å². The summed E-state index contributed by atoms with van der Waals surface area (Å²) in [6.45, 7) is 3.90. The van der Waals surface area contributed by atoms with Crippen LogP contribution in [0.2, 0.25) is 0 Å². The Labute approximate surface area is 183 Å². The molecule has 2 aromatic rings. The second kappa shape index (κ2) is 13.0. The fraction of sp³-hybridized carbons (Fsp3) is 0.400. The van der Waals surface area contributed by atoms with Crippen LogP contribution >= 0.6 is 24.0 Å². The lowest BCUT2D eigenvalue weighted by Gasteiger charge is -2.12. The van der Waals surface area contributed by atoms with Gasteiger partial charge in [0.05, 0.1) is 13.4 Å². The van der Waals surface area contributed by atoms with Crippen molar-refractivity contribution >= 4 is 35.8 Å². The number of hydrogen-bond donors (Lipinski definition) is 3. The third kappa shape index (κ3) is 7.79. The first-order valence-electron chi connectivity index (χ1n) is 9.03. The number of rotatable bonds is 9. The first-order valence-corrected chi connectivity index (χ1v) is 9.03. The lowest BCUT2D eigenvalue weighted by molar-refractivity contribution is 0.0925. The van der Waals surface area contributed by atoms with Crippen LogP contribution in [0, 0.1) is 6.92 Å². The van der Waals surface area contributed by atoms with Gasteiger partial charge >= 0.3 is 0 Å². The Kier molecular flexibility index (Phi) is 11.1. The molecule has 0 unspecified atom stereocenters. The first kappa shape index (κ1) is 23.8. The molecule has 0 radical (unpaired) electrons. The van der Waals surface area contributed by atoms with E-state index in [2.05, 4.69) is 33.1 Å². The van der Waals surface area contributed by atoms with Crippen LogP contribution in [0.5, 0.6) is 5.75 Å². The second-order valence-corrected chi connectivity index (χ2v) is 6.07. The first-order chi connectivity index (χ1) is 13.1. The average Bonchev–Trinajstić information content (AvgIpc) is 3.12. The molecule has 0 bridgehead atoms. The van der Waals surface area contributed by atoms with Gasteiger partial charge in [0.2, 0.25) is 0 Å². The minimum absolute atomic E-state index is 0. The third-order valence-electron chi connectivity index (χ3n) is 4.09. The minimum Gasteiger partial charge on any atom is -0.497 e. The number of aryl methyl sites for hydroxylation is 1. The van der Waals surface area contributed by atoms with E-state index in [4.69, 9.17) is 9.15 Å². The number of aliphatic imine (C=N–C) groups is 1. The number of guanidine groups is 1. The standard InChI is InChI=1S/C20H28N4O3.HI/c1-15-10-14-27-18(15)19(25)22-11-4-12-23-20(21-2)24-13-9-16-5-7-17(26-3)8-6-16;/h5-8,10,14H,4,9,11-13H2,1-3H3,(H,22,25)(H2,21,23,24);1H. The molecule has 0 spiro atoms. The van der Waals surface area contributed by atoms with Crippen LogP contribution in [0.3, 0.4) is 0 Å². The SMILES string of the molecule is CN=C(NCCCNC(=O)c1occc1C)NCCc1ccc(OC)cc1.I. The summed E-state index contributed by atoms with van der Waals surface area (Å²) in [5.41, 5.74) is 2.07. The van der Waals surface area contributed by atoms with Gasteiger partial charge in [0, 0.05) is 32.2 Å². The van der Waals surface area contributed by atoms with E-state index in [0.717, 1.165) is 36.7 Å². The van der Waals surface area contributed by atoms with Crippen LogP contribution in [0.25, 0.3) is 0 Å². The van der Waals surface area contributed by atoms with Crippen molar-refractivity contribution in [2.45, 2.75) is 19.8 Å². The van der Waals surface area contributed by atoms with Crippen LogP contribution in [-0.4, -0.2) is 45.7 Å². The molecule has 1 aromatic carbocycles. The number of amides is 1. The highest BCUT2D eigenvalue weighted by molar-refractivity contribution is 14.0. The maximum atomic E-state index is 11.9. The summed E-state index contributed by atoms with van der Waals surface area (Å²) in [4.78, 5) is 16.1. The third-order valence-corrected chi connectivity index (χ3v) is 4.09. The van der Waals surface area contributed by atoms with Gasteiger partial charge in [-0.25, -0.2) is 0 Å². The maximum Gasteiger partial charge on any atom is 0.287 e. The van der Waals surface area contributed by atoms with Gasteiger partial charge in [-0.2, -0.15) is 0 Å². The van der Waals surface area contributed by atoms with E-state index in [1.165, 1.54) is 11.8 Å². The van der Waals surface area contributed by atoms with Crippen LogP contribution in [0.1, 0.15) is 28.1 Å². The molecule has 0 saturated heterocycles. The molecule has 154 valence electrons. The summed E-state index contributed by atoms with van der Waals surface area (Å²) >= 11 is 0. The molecule has 0 saturated carbocycles. The number of ether oxygens (including phenoxy) is 1. The van der Waals surface area contributed by atoms with Gasteiger partial charge in [-0.3, -0.25) is 9.79 Å². The minimum atomic E-state index is -0.181. The Morgan fingerprint density at radius 1 is 1.07 bits per heavy atom. The number of hydrogen-bond acceptors (Lipinski definition) is 4. The Bertz CT molecular complexity index is 744. The van der Waals surface area contributed by atoms with E-state index >= 15 is 0 Å². The second-order valence-electron chi connectivity index (χ2n) is 6.07. The molecule has 3 N–H and O–H groups in total. The molecule has 1 amide bonds. The number of carbonyl (C=O) groups is 1. The van der Waals surface area contributed by atoms with Crippen molar-refractivity contribution in [2.24, 2.45) is 4.99 Å². The van der Waals surface area contributed by atoms with E-state index < -0.39 is 0 Å². The Morgan fingerprint density at radius 3 is 2.36 bits per heavy atom. The molecule has 0 fully saturated rings. The summed E-state index contributed by atoms with van der Waals surface area (Å²) in [7, 11) is 3.40. The molecule has 0 aliphatic carbocycles. The Balaban J connectivity index is 0.00000392. The van der Waals surface area contributed by atoms with Gasteiger partial charge in [-0.05, 0) is 43.5 Å². The molecule has 8 heteroatoms. The summed E-state index contributed by atoms with van der Waals surface area (Å²) in [5, 5.41) is 9.37. The fourth-order valence-corrected chi connectivity index (χ4v) is 2.52. The summed E-state index contributed by atoms with van der Waals surface area (Å²) in [6, 6.07) is 9.81. The van der Waals surface area contributed by atoms with Gasteiger partial charge in [0.15, 0.2) is 11.7 Å². The zero-order valence-electron chi connectivity index (χ0n) is 16.6. The van der Waals surface area contributed by atoms with Crippen molar-refractivity contribution in [1.29, 1.82) is 0 Å². The Morgan fingerprint density at radius 2 is 1.75 bits per heavy atom. The quantitative estimate of drug-likeness (QED) is 0.213. The topological polar surface area (TPSA) is 87.9 Å². The van der Waals surface area contributed by atoms with Gasteiger partial charge in [0.25, 0.3) is 5.91 Å². The number of nitrogens with one attached hydrogen (secondary N) is 3. The van der Waals surface area contributed by atoms with Gasteiger partial charge in [-0.1, -0.05) is 12.1 Å². The van der Waals surface area contributed by atoms with Gasteiger partial charge in [0.1, 0.15) is 5.75 Å². The number of furan rings is 1. The van der Waals surface area contributed by atoms with E-state index in [1.54, 1.807) is 20.2 Å². The Hall–Kier alpha value is -2.23. The highest BCUT2D eigenvalue weighted by Gasteiger charge is 2.11. The van der Waals surface area contributed by atoms with Crippen molar-refractivity contribution in [1.82, 2.24) is 16.0 Å². The molecule has 7 nitrogen and oxygen atoms in total. The lowest BCUT2D eigenvalue weighted by Crippen LogP contribution is -2.39. The van der Waals surface area contributed by atoms with E-state index in [1.807, 2.05) is 19.1 Å². The molecule has 2 rings (SSSR count). The normalized spacial score (nSPS) is 10.8. The molecule has 0 atom stereocenters. The summed E-state index contributed by atoms with van der Waals surface area (Å²) in [6.07, 6.45) is 3.20. The van der Waals surface area contributed by atoms with E-state index in [0.29, 0.717) is 18.8 Å². The monoisotopic (exact) mass is 500 g/mol. The fourth-order valence-electron chi connectivity index (χ4n) is 2.52.